The number of amides is 2. The fourth-order valence-corrected chi connectivity index (χ4v) is 3.90. The molecule has 0 aromatic heterocycles. The van der Waals surface area contributed by atoms with Gasteiger partial charge in [0.25, 0.3) is 0 Å². The second-order valence-electron chi connectivity index (χ2n) is 8.16. The second-order valence-corrected chi connectivity index (χ2v) is 8.16. The highest BCUT2D eigenvalue weighted by Gasteiger charge is 2.28. The molecule has 1 atom stereocenters. The Bertz CT molecular complexity index is 795. The first kappa shape index (κ1) is 21.1. The summed E-state index contributed by atoms with van der Waals surface area (Å²) in [5, 5.41) is 3.15. The van der Waals surface area contributed by atoms with E-state index in [1.54, 1.807) is 4.90 Å². The fourth-order valence-electron chi connectivity index (χ4n) is 3.90. The summed E-state index contributed by atoms with van der Waals surface area (Å²) in [5.41, 5.74) is 3.39. The normalized spacial score (nSPS) is 15.1. The van der Waals surface area contributed by atoms with Crippen LogP contribution in [0.15, 0.2) is 54.6 Å². The summed E-state index contributed by atoms with van der Waals surface area (Å²) >= 11 is 0. The van der Waals surface area contributed by atoms with E-state index in [-0.39, 0.29) is 17.9 Å². The Morgan fingerprint density at radius 3 is 2.31 bits per heavy atom. The Morgan fingerprint density at radius 2 is 1.66 bits per heavy atom. The first-order valence-electron chi connectivity index (χ1n) is 10.7. The minimum Gasteiger partial charge on any atom is -0.352 e. The molecular weight excluding hydrogens is 360 g/mol. The highest BCUT2D eigenvalue weighted by molar-refractivity contribution is 5.87. The van der Waals surface area contributed by atoms with Crippen LogP contribution in [0.2, 0.25) is 0 Å². The fraction of sp³-hybridized carbons (Fsp3) is 0.440. The van der Waals surface area contributed by atoms with Crippen molar-refractivity contribution in [3.05, 3.63) is 71.3 Å². The van der Waals surface area contributed by atoms with E-state index < -0.39 is 6.04 Å². The first-order valence-corrected chi connectivity index (χ1v) is 10.7. The Kier molecular flexibility index (Phi) is 7.45. The Labute approximate surface area is 174 Å². The number of carbonyl (C=O) groups is 2. The van der Waals surface area contributed by atoms with Gasteiger partial charge in [-0.15, -0.1) is 0 Å². The van der Waals surface area contributed by atoms with Crippen LogP contribution in [0, 0.1) is 6.92 Å². The SMILES string of the molecule is Cc1ccc(CCC(=O)N(Cc2ccccc2)[C@H](C)C(=O)NC2CCCC2)cc1. The number of nitrogens with one attached hydrogen (secondary N) is 1. The molecule has 1 fully saturated rings. The highest BCUT2D eigenvalue weighted by Crippen LogP contribution is 2.19. The number of hydrogen-bond donors (Lipinski definition) is 1. The molecule has 0 saturated heterocycles. The van der Waals surface area contributed by atoms with Gasteiger partial charge in [0.15, 0.2) is 0 Å². The topological polar surface area (TPSA) is 49.4 Å². The number of rotatable bonds is 8. The smallest absolute Gasteiger partial charge is 0.242 e. The number of aryl methyl sites for hydroxylation is 2. The van der Waals surface area contributed by atoms with Crippen LogP contribution < -0.4 is 5.32 Å². The maximum Gasteiger partial charge on any atom is 0.242 e. The molecule has 154 valence electrons. The predicted molar refractivity (Wildman–Crippen MR) is 116 cm³/mol. The summed E-state index contributed by atoms with van der Waals surface area (Å²) in [6.45, 7) is 4.35. The molecule has 0 heterocycles. The quantitative estimate of drug-likeness (QED) is 0.724. The van der Waals surface area contributed by atoms with Gasteiger partial charge in [-0.25, -0.2) is 0 Å². The van der Waals surface area contributed by atoms with E-state index in [1.807, 2.05) is 37.3 Å². The van der Waals surface area contributed by atoms with Gasteiger partial charge in [0.05, 0.1) is 0 Å². The predicted octanol–water partition coefficient (Wildman–Crippen LogP) is 4.40. The van der Waals surface area contributed by atoms with E-state index in [1.165, 1.54) is 18.4 Å². The van der Waals surface area contributed by atoms with Gasteiger partial charge in [-0.3, -0.25) is 9.59 Å². The number of carbonyl (C=O) groups excluding carboxylic acids is 2. The largest absolute Gasteiger partial charge is 0.352 e. The van der Waals surface area contributed by atoms with Gasteiger partial charge in [0, 0.05) is 19.0 Å². The van der Waals surface area contributed by atoms with Gasteiger partial charge < -0.3 is 10.2 Å². The van der Waals surface area contributed by atoms with E-state index in [0.717, 1.165) is 24.0 Å². The van der Waals surface area contributed by atoms with E-state index in [9.17, 15) is 9.59 Å². The Hall–Kier alpha value is -2.62. The Morgan fingerprint density at radius 1 is 1.00 bits per heavy atom. The Balaban J connectivity index is 1.67. The molecule has 0 aliphatic heterocycles. The zero-order valence-corrected chi connectivity index (χ0v) is 17.6. The molecule has 2 aromatic rings. The van der Waals surface area contributed by atoms with E-state index in [4.69, 9.17) is 0 Å². The molecule has 1 saturated carbocycles. The number of benzene rings is 2. The van der Waals surface area contributed by atoms with Crippen molar-refractivity contribution >= 4 is 11.8 Å². The monoisotopic (exact) mass is 392 g/mol. The lowest BCUT2D eigenvalue weighted by atomic mass is 10.1. The van der Waals surface area contributed by atoms with E-state index in [2.05, 4.69) is 36.5 Å². The van der Waals surface area contributed by atoms with Crippen LogP contribution in [-0.4, -0.2) is 28.8 Å². The van der Waals surface area contributed by atoms with Crippen molar-refractivity contribution < 1.29 is 9.59 Å². The van der Waals surface area contributed by atoms with Crippen molar-refractivity contribution in [2.45, 2.75) is 71.0 Å². The van der Waals surface area contributed by atoms with Crippen molar-refractivity contribution in [3.63, 3.8) is 0 Å². The minimum atomic E-state index is -0.485. The van der Waals surface area contributed by atoms with Crippen LogP contribution in [-0.2, 0) is 22.6 Å². The number of hydrogen-bond acceptors (Lipinski definition) is 2. The minimum absolute atomic E-state index is 0.0171. The summed E-state index contributed by atoms with van der Waals surface area (Å²) in [7, 11) is 0. The molecule has 0 unspecified atom stereocenters. The third-order valence-corrected chi connectivity index (χ3v) is 5.81. The average Bonchev–Trinajstić information content (AvgIpc) is 3.24. The zero-order chi connectivity index (χ0) is 20.6. The molecule has 4 heteroatoms. The lowest BCUT2D eigenvalue weighted by Gasteiger charge is -2.30. The first-order chi connectivity index (χ1) is 14.0. The lowest BCUT2D eigenvalue weighted by Crippen LogP contribution is -2.49. The van der Waals surface area contributed by atoms with Crippen LogP contribution in [0.5, 0.6) is 0 Å². The summed E-state index contributed by atoms with van der Waals surface area (Å²) in [5.74, 6) is -0.0278. The molecule has 29 heavy (non-hydrogen) atoms. The lowest BCUT2D eigenvalue weighted by molar-refractivity contribution is -0.140. The van der Waals surface area contributed by atoms with Crippen LogP contribution in [0.25, 0.3) is 0 Å². The molecule has 0 radical (unpaired) electrons. The highest BCUT2D eigenvalue weighted by atomic mass is 16.2. The molecule has 1 N–H and O–H groups in total. The van der Waals surface area contributed by atoms with Gasteiger partial charge in [-0.2, -0.15) is 0 Å². The maximum atomic E-state index is 13.1. The standard InChI is InChI=1S/C25H32N2O2/c1-19-12-14-21(15-13-19)16-17-24(28)27(18-22-8-4-3-5-9-22)20(2)25(29)26-23-10-6-7-11-23/h3-5,8-9,12-15,20,23H,6-7,10-11,16-18H2,1-2H3,(H,26,29)/t20-/m1/s1. The molecular formula is C25H32N2O2. The van der Waals surface area contributed by atoms with Crippen molar-refractivity contribution in [2.75, 3.05) is 0 Å². The zero-order valence-electron chi connectivity index (χ0n) is 17.6. The van der Waals surface area contributed by atoms with Crippen LogP contribution in [0.4, 0.5) is 0 Å². The molecule has 2 amide bonds. The van der Waals surface area contributed by atoms with E-state index in [0.29, 0.717) is 19.4 Å². The van der Waals surface area contributed by atoms with Crippen molar-refractivity contribution in [3.8, 4) is 0 Å². The van der Waals surface area contributed by atoms with Gasteiger partial charge in [0.2, 0.25) is 11.8 Å². The van der Waals surface area contributed by atoms with Crippen molar-refractivity contribution in [1.82, 2.24) is 10.2 Å². The molecule has 0 spiro atoms. The van der Waals surface area contributed by atoms with E-state index >= 15 is 0 Å². The molecule has 3 rings (SSSR count). The average molecular weight is 393 g/mol. The van der Waals surface area contributed by atoms with Crippen molar-refractivity contribution in [2.24, 2.45) is 0 Å². The maximum absolute atomic E-state index is 13.1. The molecule has 2 aromatic carbocycles. The van der Waals surface area contributed by atoms with Crippen LogP contribution in [0.1, 0.15) is 55.7 Å². The van der Waals surface area contributed by atoms with Gasteiger partial charge >= 0.3 is 0 Å². The van der Waals surface area contributed by atoms with Gasteiger partial charge in [0.1, 0.15) is 6.04 Å². The van der Waals surface area contributed by atoms with Gasteiger partial charge in [-0.05, 0) is 44.2 Å². The summed E-state index contributed by atoms with van der Waals surface area (Å²) < 4.78 is 0. The van der Waals surface area contributed by atoms with Crippen LogP contribution in [0.3, 0.4) is 0 Å². The summed E-state index contributed by atoms with van der Waals surface area (Å²) in [4.78, 5) is 27.7. The molecule has 4 nitrogen and oxygen atoms in total. The van der Waals surface area contributed by atoms with Crippen LogP contribution >= 0.6 is 0 Å². The second kappa shape index (κ2) is 10.2. The summed E-state index contributed by atoms with van der Waals surface area (Å²) in [6.07, 6.45) is 5.50. The van der Waals surface area contributed by atoms with Gasteiger partial charge in [-0.1, -0.05) is 73.0 Å². The molecule has 0 bridgehead atoms. The van der Waals surface area contributed by atoms with Crippen molar-refractivity contribution in [1.29, 1.82) is 0 Å². The molecule has 1 aliphatic carbocycles. The third kappa shape index (κ3) is 6.18. The summed E-state index contributed by atoms with van der Waals surface area (Å²) in [6, 6.07) is 17.9. The molecule has 1 aliphatic rings. The number of nitrogens with zero attached hydrogens (tertiary/aromatic N) is 1. The third-order valence-electron chi connectivity index (χ3n) is 5.81.